The maximum Gasteiger partial charge on any atom is 0.283 e. The van der Waals surface area contributed by atoms with Crippen molar-refractivity contribution in [1.82, 2.24) is 5.43 Å². The Bertz CT molecular complexity index is 979. The molecule has 0 fully saturated rings. The fourth-order valence-electron chi connectivity index (χ4n) is 2.18. The summed E-state index contributed by atoms with van der Waals surface area (Å²) in [7, 11) is 0. The van der Waals surface area contributed by atoms with Crippen molar-refractivity contribution in [2.45, 2.75) is 13.3 Å². The van der Waals surface area contributed by atoms with E-state index in [9.17, 15) is 14.0 Å². The van der Waals surface area contributed by atoms with Gasteiger partial charge < -0.3 is 4.42 Å². The van der Waals surface area contributed by atoms with Crippen molar-refractivity contribution in [3.05, 3.63) is 58.1 Å². The molecule has 1 amide bonds. The number of hydrazone groups is 1. The van der Waals surface area contributed by atoms with Crippen molar-refractivity contribution >= 4 is 50.4 Å². The molecule has 25 heavy (non-hydrogen) atoms. The summed E-state index contributed by atoms with van der Waals surface area (Å²) in [5.74, 6) is -0.926. The first-order valence-corrected chi connectivity index (χ1v) is 8.43. The van der Waals surface area contributed by atoms with E-state index in [1.165, 1.54) is 24.5 Å². The number of carbonyl (C=O) groups excluding carboxylic acids is 2. The third-order valence-electron chi connectivity index (χ3n) is 3.36. The minimum absolute atomic E-state index is 0.0130. The number of benzene rings is 1. The molecule has 2 heterocycles. The van der Waals surface area contributed by atoms with Crippen molar-refractivity contribution in [2.75, 3.05) is 0 Å². The molecule has 8 heteroatoms. The summed E-state index contributed by atoms with van der Waals surface area (Å²) in [5, 5.41) is 4.76. The second-order valence-electron chi connectivity index (χ2n) is 5.25. The van der Waals surface area contributed by atoms with Crippen molar-refractivity contribution in [3.8, 4) is 0 Å². The number of nitrogens with zero attached hydrogens (tertiary/aromatic N) is 1. The van der Waals surface area contributed by atoms with E-state index in [2.05, 4.69) is 10.5 Å². The van der Waals surface area contributed by atoms with Gasteiger partial charge in [-0.3, -0.25) is 9.59 Å². The number of Topliss-reactive ketones (excluding diaryl/α,β-unsaturated/α-hetero) is 1. The van der Waals surface area contributed by atoms with Gasteiger partial charge in [0.25, 0.3) is 5.91 Å². The van der Waals surface area contributed by atoms with Gasteiger partial charge in [-0.1, -0.05) is 11.6 Å². The first-order chi connectivity index (χ1) is 12.0. The fraction of sp³-hybridized carbons (Fsp3) is 0.118. The Morgan fingerprint density at radius 3 is 2.88 bits per heavy atom. The number of amides is 1. The normalized spacial score (nSPS) is 11.7. The monoisotopic (exact) mass is 378 g/mol. The van der Waals surface area contributed by atoms with Crippen LogP contribution in [0.2, 0.25) is 5.02 Å². The number of fused-ring (bicyclic) bond motifs is 1. The molecule has 0 bridgehead atoms. The molecule has 128 valence electrons. The van der Waals surface area contributed by atoms with Crippen molar-refractivity contribution < 1.29 is 18.4 Å². The molecule has 0 unspecified atom stereocenters. The van der Waals surface area contributed by atoms with E-state index < -0.39 is 11.7 Å². The third kappa shape index (κ3) is 3.78. The molecule has 3 rings (SSSR count). The lowest BCUT2D eigenvalue weighted by Gasteiger charge is -2.01. The topological polar surface area (TPSA) is 71.7 Å². The highest BCUT2D eigenvalue weighted by molar-refractivity contribution is 7.21. The van der Waals surface area contributed by atoms with Crippen LogP contribution < -0.4 is 5.43 Å². The molecular weight excluding hydrogens is 367 g/mol. The Balaban J connectivity index is 1.71. The van der Waals surface area contributed by atoms with E-state index in [0.29, 0.717) is 15.8 Å². The van der Waals surface area contributed by atoms with Gasteiger partial charge in [0.15, 0.2) is 5.76 Å². The van der Waals surface area contributed by atoms with Crippen molar-refractivity contribution in [2.24, 2.45) is 5.10 Å². The van der Waals surface area contributed by atoms with Crippen LogP contribution in [0.15, 0.2) is 46.1 Å². The zero-order valence-electron chi connectivity index (χ0n) is 13.0. The standard InChI is InChI=1S/C17H12ClFN2O3S/c1-9(7-12(22)13-3-2-6-24-13)20-21-17(23)16-15(18)11-5-4-10(19)8-14(11)25-16/h2-6,8H,7H2,1H3,(H,21,23)/b20-9-. The van der Waals surface area contributed by atoms with E-state index in [0.717, 1.165) is 11.3 Å². The van der Waals surface area contributed by atoms with Crippen LogP contribution in [0.3, 0.4) is 0 Å². The van der Waals surface area contributed by atoms with Crippen LogP contribution in [0.4, 0.5) is 4.39 Å². The van der Waals surface area contributed by atoms with Crippen LogP contribution in [0.5, 0.6) is 0 Å². The highest BCUT2D eigenvalue weighted by Crippen LogP contribution is 2.35. The number of carbonyl (C=O) groups is 2. The van der Waals surface area contributed by atoms with Crippen LogP contribution >= 0.6 is 22.9 Å². The predicted octanol–water partition coefficient (Wildman–Crippen LogP) is 4.67. The van der Waals surface area contributed by atoms with Crippen LogP contribution in [-0.4, -0.2) is 17.4 Å². The van der Waals surface area contributed by atoms with Gasteiger partial charge in [0.1, 0.15) is 10.7 Å². The summed E-state index contributed by atoms with van der Waals surface area (Å²) < 4.78 is 18.9. The number of halogens is 2. The number of hydrogen-bond acceptors (Lipinski definition) is 5. The number of hydrogen-bond donors (Lipinski definition) is 1. The molecule has 0 saturated heterocycles. The summed E-state index contributed by atoms with van der Waals surface area (Å²) in [4.78, 5) is 24.4. The first kappa shape index (κ1) is 17.3. The second-order valence-corrected chi connectivity index (χ2v) is 6.68. The van der Waals surface area contributed by atoms with E-state index in [-0.39, 0.29) is 27.9 Å². The van der Waals surface area contributed by atoms with Gasteiger partial charge in [0, 0.05) is 15.8 Å². The lowest BCUT2D eigenvalue weighted by atomic mass is 10.2. The highest BCUT2D eigenvalue weighted by atomic mass is 35.5. The van der Waals surface area contributed by atoms with Gasteiger partial charge in [-0.15, -0.1) is 11.3 Å². The molecule has 0 aliphatic rings. The number of thiophene rings is 1. The SMILES string of the molecule is C/C(CC(=O)c1ccco1)=N/NC(=O)c1sc2cc(F)ccc2c1Cl. The molecule has 1 aromatic carbocycles. The number of furan rings is 1. The van der Waals surface area contributed by atoms with Crippen LogP contribution in [0.1, 0.15) is 33.6 Å². The van der Waals surface area contributed by atoms with E-state index >= 15 is 0 Å². The summed E-state index contributed by atoms with van der Waals surface area (Å²) >= 11 is 7.26. The fourth-order valence-corrected chi connectivity index (χ4v) is 3.61. The smallest absolute Gasteiger partial charge is 0.283 e. The van der Waals surface area contributed by atoms with Crippen LogP contribution in [-0.2, 0) is 0 Å². The van der Waals surface area contributed by atoms with Gasteiger partial charge in [0.2, 0.25) is 5.78 Å². The second kappa shape index (κ2) is 7.16. The molecule has 3 aromatic rings. The lowest BCUT2D eigenvalue weighted by Crippen LogP contribution is -2.19. The Morgan fingerprint density at radius 2 is 2.16 bits per heavy atom. The lowest BCUT2D eigenvalue weighted by molar-refractivity contribution is 0.0951. The molecule has 5 nitrogen and oxygen atoms in total. The van der Waals surface area contributed by atoms with Gasteiger partial charge in [-0.05, 0) is 37.3 Å². The maximum atomic E-state index is 13.3. The molecule has 0 aliphatic carbocycles. The molecular formula is C17H12ClFN2O3S. The van der Waals surface area contributed by atoms with Crippen molar-refractivity contribution in [1.29, 1.82) is 0 Å². The molecule has 0 spiro atoms. The Hall–Kier alpha value is -2.51. The molecule has 0 saturated carbocycles. The summed E-state index contributed by atoms with van der Waals surface area (Å²) in [5.41, 5.74) is 2.78. The van der Waals surface area contributed by atoms with E-state index in [1.54, 1.807) is 19.1 Å². The number of rotatable bonds is 5. The third-order valence-corrected chi connectivity index (χ3v) is 5.01. The van der Waals surface area contributed by atoms with Crippen molar-refractivity contribution in [3.63, 3.8) is 0 Å². The zero-order chi connectivity index (χ0) is 18.0. The first-order valence-electron chi connectivity index (χ1n) is 7.23. The molecule has 1 N–H and O–H groups in total. The van der Waals surface area contributed by atoms with Crippen LogP contribution in [0, 0.1) is 5.82 Å². The maximum absolute atomic E-state index is 13.3. The van der Waals surface area contributed by atoms with Gasteiger partial charge >= 0.3 is 0 Å². The summed E-state index contributed by atoms with van der Waals surface area (Å²) in [6.07, 6.45) is 1.42. The number of nitrogens with one attached hydrogen (secondary N) is 1. The largest absolute Gasteiger partial charge is 0.461 e. The molecule has 2 aromatic heterocycles. The average molecular weight is 379 g/mol. The Labute approximate surface area is 151 Å². The van der Waals surface area contributed by atoms with Crippen LogP contribution in [0.25, 0.3) is 10.1 Å². The molecule has 0 aliphatic heterocycles. The summed E-state index contributed by atoms with van der Waals surface area (Å²) in [6, 6.07) is 7.30. The average Bonchev–Trinajstić information content (AvgIpc) is 3.21. The number of ketones is 1. The Kier molecular flexibility index (Phi) is 4.96. The minimum Gasteiger partial charge on any atom is -0.461 e. The van der Waals surface area contributed by atoms with E-state index in [1.807, 2.05) is 0 Å². The molecule has 0 atom stereocenters. The van der Waals surface area contributed by atoms with E-state index in [4.69, 9.17) is 16.0 Å². The van der Waals surface area contributed by atoms with Gasteiger partial charge in [-0.25, -0.2) is 9.82 Å². The highest BCUT2D eigenvalue weighted by Gasteiger charge is 2.17. The zero-order valence-corrected chi connectivity index (χ0v) is 14.6. The summed E-state index contributed by atoms with van der Waals surface area (Å²) in [6.45, 7) is 1.61. The van der Waals surface area contributed by atoms with Gasteiger partial charge in [-0.2, -0.15) is 5.10 Å². The quantitative estimate of drug-likeness (QED) is 0.398. The minimum atomic E-state index is -0.517. The van der Waals surface area contributed by atoms with Gasteiger partial charge in [0.05, 0.1) is 17.7 Å². The molecule has 0 radical (unpaired) electrons. The predicted molar refractivity (Wildman–Crippen MR) is 95.0 cm³/mol. The Morgan fingerprint density at radius 1 is 1.36 bits per heavy atom.